The van der Waals surface area contributed by atoms with Crippen molar-refractivity contribution in [3.63, 3.8) is 0 Å². The molecule has 29 heavy (non-hydrogen) atoms. The molecule has 0 heterocycles. The van der Waals surface area contributed by atoms with E-state index in [0.717, 1.165) is 4.31 Å². The van der Waals surface area contributed by atoms with E-state index in [-0.39, 0.29) is 22.9 Å². The molecule has 0 aromatic heterocycles. The molecule has 2 rings (SSSR count). The molecule has 2 N–H and O–H groups in total. The molecular weight excluding hydrogens is 398 g/mol. The lowest BCUT2D eigenvalue weighted by molar-refractivity contribution is -0.127. The number of benzene rings is 2. The third kappa shape index (κ3) is 5.79. The first-order valence-corrected chi connectivity index (χ1v) is 9.98. The Morgan fingerprint density at radius 2 is 1.59 bits per heavy atom. The fourth-order valence-corrected chi connectivity index (χ4v) is 3.43. The van der Waals surface area contributed by atoms with Crippen molar-refractivity contribution in [3.8, 4) is 0 Å². The number of amides is 2. The second kappa shape index (κ2) is 9.69. The van der Waals surface area contributed by atoms with Crippen molar-refractivity contribution in [2.75, 3.05) is 31.6 Å². The number of nitrogens with zero attached hydrogens (tertiary/aromatic N) is 1. The van der Waals surface area contributed by atoms with E-state index in [1.165, 1.54) is 38.4 Å². The van der Waals surface area contributed by atoms with Crippen LogP contribution in [0.2, 0.25) is 0 Å². The smallest absolute Gasteiger partial charge is 0.338 e. The Morgan fingerprint density at radius 1 is 0.966 bits per heavy atom. The standard InChI is InChI=1S/C19H21N3O6S/c1-20-17(23)12-21-18(24)13-28-19(25)14-8-10-16(11-9-14)29(26,27)22(2)15-6-4-3-5-7-15/h3-11H,12-13H2,1-2H3,(H,20,23)(H,21,24). The molecule has 0 bridgehead atoms. The molecule has 10 heteroatoms. The molecule has 0 unspecified atom stereocenters. The van der Waals surface area contributed by atoms with Gasteiger partial charge in [-0.15, -0.1) is 0 Å². The van der Waals surface area contributed by atoms with Crippen molar-refractivity contribution in [2.24, 2.45) is 0 Å². The van der Waals surface area contributed by atoms with Gasteiger partial charge < -0.3 is 15.4 Å². The first-order valence-electron chi connectivity index (χ1n) is 8.54. The predicted octanol–water partition coefficient (Wildman–Crippen LogP) is 0.531. The monoisotopic (exact) mass is 419 g/mol. The van der Waals surface area contributed by atoms with Crippen molar-refractivity contribution in [1.29, 1.82) is 0 Å². The van der Waals surface area contributed by atoms with Crippen LogP contribution in [0.25, 0.3) is 0 Å². The Labute approximate surface area is 168 Å². The summed E-state index contributed by atoms with van der Waals surface area (Å²) in [5.41, 5.74) is 0.587. The largest absolute Gasteiger partial charge is 0.452 e. The molecule has 9 nitrogen and oxygen atoms in total. The van der Waals surface area contributed by atoms with Crippen LogP contribution in [-0.4, -0.2) is 53.4 Å². The molecule has 0 spiro atoms. The number of anilines is 1. The lowest BCUT2D eigenvalue weighted by Gasteiger charge is -2.19. The maximum absolute atomic E-state index is 12.7. The molecule has 0 aliphatic heterocycles. The van der Waals surface area contributed by atoms with Crippen LogP contribution in [0, 0.1) is 0 Å². The number of hydrogen-bond acceptors (Lipinski definition) is 6. The molecule has 0 radical (unpaired) electrons. The zero-order valence-corrected chi connectivity index (χ0v) is 16.7. The number of esters is 1. The molecule has 2 aromatic carbocycles. The SMILES string of the molecule is CNC(=O)CNC(=O)COC(=O)c1ccc(S(=O)(=O)N(C)c2ccccc2)cc1. The zero-order chi connectivity index (χ0) is 21.4. The lowest BCUT2D eigenvalue weighted by Crippen LogP contribution is -2.37. The maximum Gasteiger partial charge on any atom is 0.338 e. The summed E-state index contributed by atoms with van der Waals surface area (Å²) in [6.45, 7) is -0.791. The third-order valence-corrected chi connectivity index (χ3v) is 5.73. The Hall–Kier alpha value is -3.40. The first kappa shape index (κ1) is 21.9. The minimum absolute atomic E-state index is 0.00345. The summed E-state index contributed by atoms with van der Waals surface area (Å²) in [7, 11) is -0.938. The number of hydrogen-bond donors (Lipinski definition) is 2. The van der Waals surface area contributed by atoms with Gasteiger partial charge in [-0.05, 0) is 36.4 Å². The topological polar surface area (TPSA) is 122 Å². The van der Waals surface area contributed by atoms with E-state index in [9.17, 15) is 22.8 Å². The minimum Gasteiger partial charge on any atom is -0.452 e. The average molecular weight is 419 g/mol. The second-order valence-electron chi connectivity index (χ2n) is 5.86. The molecule has 0 aliphatic rings. The van der Waals surface area contributed by atoms with Gasteiger partial charge in [0.15, 0.2) is 6.61 Å². The minimum atomic E-state index is -3.80. The Kier molecular flexibility index (Phi) is 7.32. The van der Waals surface area contributed by atoms with Crippen LogP contribution in [0.1, 0.15) is 10.4 Å². The second-order valence-corrected chi connectivity index (χ2v) is 7.83. The van der Waals surface area contributed by atoms with Crippen LogP contribution in [0.4, 0.5) is 5.69 Å². The number of nitrogens with one attached hydrogen (secondary N) is 2. The van der Waals surface area contributed by atoms with Gasteiger partial charge in [0.2, 0.25) is 5.91 Å². The van der Waals surface area contributed by atoms with Gasteiger partial charge in [0.25, 0.3) is 15.9 Å². The van der Waals surface area contributed by atoms with Gasteiger partial charge in [-0.2, -0.15) is 0 Å². The number of ether oxygens (including phenoxy) is 1. The normalized spacial score (nSPS) is 10.7. The highest BCUT2D eigenvalue weighted by Crippen LogP contribution is 2.22. The molecule has 0 saturated heterocycles. The lowest BCUT2D eigenvalue weighted by atomic mass is 10.2. The Morgan fingerprint density at radius 3 is 2.17 bits per heavy atom. The quantitative estimate of drug-likeness (QED) is 0.602. The van der Waals surface area contributed by atoms with Crippen LogP contribution in [-0.2, 0) is 24.3 Å². The van der Waals surface area contributed by atoms with Gasteiger partial charge in [0.1, 0.15) is 0 Å². The molecule has 0 aliphatic carbocycles. The highest BCUT2D eigenvalue weighted by atomic mass is 32.2. The van der Waals surface area contributed by atoms with Crippen LogP contribution in [0.15, 0.2) is 59.5 Å². The van der Waals surface area contributed by atoms with E-state index < -0.39 is 28.5 Å². The highest BCUT2D eigenvalue weighted by molar-refractivity contribution is 7.92. The van der Waals surface area contributed by atoms with E-state index in [1.807, 2.05) is 0 Å². The number of carbonyl (C=O) groups is 3. The number of sulfonamides is 1. The summed E-state index contributed by atoms with van der Waals surface area (Å²) in [5, 5.41) is 4.62. The van der Waals surface area contributed by atoms with E-state index in [2.05, 4.69) is 10.6 Å². The van der Waals surface area contributed by atoms with E-state index in [4.69, 9.17) is 4.74 Å². The summed E-state index contributed by atoms with van der Waals surface area (Å²) in [4.78, 5) is 34.6. The van der Waals surface area contributed by atoms with Gasteiger partial charge in [0, 0.05) is 14.1 Å². The van der Waals surface area contributed by atoms with Gasteiger partial charge in [-0.3, -0.25) is 13.9 Å². The van der Waals surface area contributed by atoms with Crippen LogP contribution < -0.4 is 14.9 Å². The van der Waals surface area contributed by atoms with Crippen LogP contribution in [0.3, 0.4) is 0 Å². The predicted molar refractivity (Wildman–Crippen MR) is 106 cm³/mol. The molecular formula is C19H21N3O6S. The Balaban J connectivity index is 1.99. The van der Waals surface area contributed by atoms with E-state index in [1.54, 1.807) is 30.3 Å². The highest BCUT2D eigenvalue weighted by Gasteiger charge is 2.21. The van der Waals surface area contributed by atoms with Crippen molar-refractivity contribution in [2.45, 2.75) is 4.90 Å². The summed E-state index contributed by atoms with van der Waals surface area (Å²) >= 11 is 0. The summed E-state index contributed by atoms with van der Waals surface area (Å²) < 4.78 is 31.4. The number of carbonyl (C=O) groups excluding carboxylic acids is 3. The Bertz CT molecular complexity index is 975. The third-order valence-electron chi connectivity index (χ3n) is 3.93. The molecule has 0 fully saturated rings. The number of rotatable bonds is 8. The first-order chi connectivity index (χ1) is 13.8. The van der Waals surface area contributed by atoms with Crippen LogP contribution in [0.5, 0.6) is 0 Å². The van der Waals surface area contributed by atoms with E-state index in [0.29, 0.717) is 5.69 Å². The molecule has 2 aromatic rings. The molecule has 2 amide bonds. The maximum atomic E-state index is 12.7. The summed E-state index contributed by atoms with van der Waals surface area (Å²) in [5.74, 6) is -1.81. The zero-order valence-electron chi connectivity index (χ0n) is 15.9. The number of likely N-dealkylation sites (N-methyl/N-ethyl adjacent to an activating group) is 1. The van der Waals surface area contributed by atoms with Crippen molar-refractivity contribution in [3.05, 3.63) is 60.2 Å². The molecule has 154 valence electrons. The van der Waals surface area contributed by atoms with Gasteiger partial charge in [-0.1, -0.05) is 18.2 Å². The fraction of sp³-hybridized carbons (Fsp3) is 0.211. The fourth-order valence-electron chi connectivity index (χ4n) is 2.23. The molecule has 0 saturated carbocycles. The van der Waals surface area contributed by atoms with Gasteiger partial charge >= 0.3 is 5.97 Å². The number of para-hydroxylation sites is 1. The summed E-state index contributed by atoms with van der Waals surface area (Å²) in [6, 6.07) is 13.7. The van der Waals surface area contributed by atoms with Crippen molar-refractivity contribution < 1.29 is 27.5 Å². The van der Waals surface area contributed by atoms with Gasteiger partial charge in [0.05, 0.1) is 22.7 Å². The van der Waals surface area contributed by atoms with Crippen molar-refractivity contribution >= 4 is 33.5 Å². The summed E-state index contributed by atoms with van der Waals surface area (Å²) in [6.07, 6.45) is 0. The molecule has 0 atom stereocenters. The van der Waals surface area contributed by atoms with Gasteiger partial charge in [-0.25, -0.2) is 13.2 Å². The average Bonchev–Trinajstić information content (AvgIpc) is 2.75. The van der Waals surface area contributed by atoms with E-state index >= 15 is 0 Å². The van der Waals surface area contributed by atoms with Crippen LogP contribution >= 0.6 is 0 Å². The van der Waals surface area contributed by atoms with Crippen molar-refractivity contribution in [1.82, 2.24) is 10.6 Å².